The van der Waals surface area contributed by atoms with E-state index in [2.05, 4.69) is 15.6 Å². The van der Waals surface area contributed by atoms with Crippen molar-refractivity contribution >= 4 is 34.8 Å². The molecule has 0 bridgehead atoms. The topological polar surface area (TPSA) is 71.1 Å². The first-order valence-electron chi connectivity index (χ1n) is 8.88. The molecule has 0 spiro atoms. The maximum absolute atomic E-state index is 13.4. The number of carbonyl (C=O) groups is 2. The molecule has 2 amide bonds. The van der Waals surface area contributed by atoms with Gasteiger partial charge in [0.2, 0.25) is 0 Å². The largest absolute Gasteiger partial charge is 0.433 e. The minimum absolute atomic E-state index is 0.0569. The number of nitrogens with zero attached hydrogens (tertiary/aromatic N) is 1. The summed E-state index contributed by atoms with van der Waals surface area (Å²) in [6.07, 6.45) is -4.64. The van der Waals surface area contributed by atoms with Crippen LogP contribution in [-0.2, 0) is 6.18 Å². The monoisotopic (exact) mass is 469 g/mol. The number of hydrogen-bond donors (Lipinski definition) is 2. The van der Waals surface area contributed by atoms with E-state index >= 15 is 0 Å². The first-order valence-corrected chi connectivity index (χ1v) is 9.25. The molecule has 0 aliphatic carbocycles. The third-order valence-electron chi connectivity index (χ3n) is 4.28. The van der Waals surface area contributed by atoms with Gasteiger partial charge in [-0.25, -0.2) is 13.8 Å². The van der Waals surface area contributed by atoms with Gasteiger partial charge >= 0.3 is 6.18 Å². The molecule has 0 radical (unpaired) electrons. The number of aryl methyl sites for hydroxylation is 1. The predicted molar refractivity (Wildman–Crippen MR) is 108 cm³/mol. The summed E-state index contributed by atoms with van der Waals surface area (Å²) in [4.78, 5) is 28.2. The molecule has 1 heterocycles. The van der Waals surface area contributed by atoms with E-state index in [0.29, 0.717) is 12.1 Å². The van der Waals surface area contributed by atoms with Gasteiger partial charge < -0.3 is 10.6 Å². The van der Waals surface area contributed by atoms with Gasteiger partial charge in [-0.1, -0.05) is 11.6 Å². The van der Waals surface area contributed by atoms with Crippen molar-refractivity contribution < 1.29 is 31.5 Å². The van der Waals surface area contributed by atoms with Crippen LogP contribution in [0.2, 0.25) is 5.02 Å². The maximum Gasteiger partial charge on any atom is 0.433 e. The molecule has 3 rings (SSSR count). The zero-order valence-electron chi connectivity index (χ0n) is 16.2. The van der Waals surface area contributed by atoms with Crippen molar-refractivity contribution in [1.29, 1.82) is 0 Å². The molecule has 0 saturated heterocycles. The van der Waals surface area contributed by atoms with E-state index in [0.717, 1.165) is 18.2 Å². The minimum Gasteiger partial charge on any atom is -0.322 e. The van der Waals surface area contributed by atoms with Crippen LogP contribution < -0.4 is 10.6 Å². The molecule has 11 heteroatoms. The van der Waals surface area contributed by atoms with Crippen molar-refractivity contribution in [2.75, 3.05) is 10.6 Å². The Bertz CT molecular complexity index is 1210. The smallest absolute Gasteiger partial charge is 0.322 e. The zero-order chi connectivity index (χ0) is 23.6. The Kier molecular flexibility index (Phi) is 6.45. The van der Waals surface area contributed by atoms with Crippen molar-refractivity contribution in [3.05, 3.63) is 87.7 Å². The van der Waals surface area contributed by atoms with Crippen LogP contribution in [0, 0.1) is 18.6 Å². The number of amides is 2. The molecule has 2 N–H and O–H groups in total. The van der Waals surface area contributed by atoms with Crippen molar-refractivity contribution in [2.45, 2.75) is 13.1 Å². The van der Waals surface area contributed by atoms with Crippen molar-refractivity contribution in [2.24, 2.45) is 0 Å². The number of nitrogens with one attached hydrogen (secondary N) is 2. The van der Waals surface area contributed by atoms with Crippen molar-refractivity contribution in [1.82, 2.24) is 4.98 Å². The van der Waals surface area contributed by atoms with Gasteiger partial charge in [-0.15, -0.1) is 0 Å². The van der Waals surface area contributed by atoms with E-state index in [1.807, 2.05) is 0 Å². The van der Waals surface area contributed by atoms with Crippen LogP contribution in [-0.4, -0.2) is 16.8 Å². The minimum atomic E-state index is -4.64. The van der Waals surface area contributed by atoms with Crippen LogP contribution in [0.1, 0.15) is 32.1 Å². The SMILES string of the molecule is Cc1nc(C(F)(F)F)ccc1C(=O)Nc1ccc(Cl)c(NC(=O)c2ccc(F)c(F)c2)c1. The summed E-state index contributed by atoms with van der Waals surface area (Å²) in [6, 6.07) is 8.33. The first kappa shape index (κ1) is 23.1. The van der Waals surface area contributed by atoms with Gasteiger partial charge in [0, 0.05) is 11.3 Å². The van der Waals surface area contributed by atoms with Crippen LogP contribution in [0.25, 0.3) is 0 Å². The molecule has 0 aliphatic rings. The van der Waals surface area contributed by atoms with Gasteiger partial charge in [0.1, 0.15) is 5.69 Å². The van der Waals surface area contributed by atoms with Crippen LogP contribution in [0.15, 0.2) is 48.5 Å². The van der Waals surface area contributed by atoms with E-state index in [1.54, 1.807) is 0 Å². The summed E-state index contributed by atoms with van der Waals surface area (Å²) >= 11 is 6.05. The highest BCUT2D eigenvalue weighted by molar-refractivity contribution is 6.34. The lowest BCUT2D eigenvalue weighted by Crippen LogP contribution is -2.17. The number of benzene rings is 2. The molecule has 32 heavy (non-hydrogen) atoms. The molecule has 0 fully saturated rings. The highest BCUT2D eigenvalue weighted by atomic mass is 35.5. The highest BCUT2D eigenvalue weighted by Gasteiger charge is 2.33. The average molecular weight is 470 g/mol. The predicted octanol–water partition coefficient (Wildman–Crippen LogP) is 5.85. The third kappa shape index (κ3) is 5.20. The van der Waals surface area contributed by atoms with E-state index < -0.39 is 35.3 Å². The number of pyridine rings is 1. The molecule has 0 atom stereocenters. The quantitative estimate of drug-likeness (QED) is 0.471. The van der Waals surface area contributed by atoms with Gasteiger partial charge in [0.15, 0.2) is 11.6 Å². The average Bonchev–Trinajstić information content (AvgIpc) is 2.71. The Morgan fingerprint density at radius 2 is 1.62 bits per heavy atom. The highest BCUT2D eigenvalue weighted by Crippen LogP contribution is 2.29. The van der Waals surface area contributed by atoms with Crippen molar-refractivity contribution in [3.63, 3.8) is 0 Å². The zero-order valence-corrected chi connectivity index (χ0v) is 16.9. The van der Waals surface area contributed by atoms with Gasteiger partial charge in [-0.2, -0.15) is 13.2 Å². The molecular weight excluding hydrogens is 457 g/mol. The second kappa shape index (κ2) is 8.91. The molecule has 1 aromatic heterocycles. The molecule has 2 aromatic carbocycles. The number of alkyl halides is 3. The summed E-state index contributed by atoms with van der Waals surface area (Å²) in [5, 5.41) is 4.98. The normalized spacial score (nSPS) is 11.2. The lowest BCUT2D eigenvalue weighted by atomic mass is 10.1. The molecule has 5 nitrogen and oxygen atoms in total. The fraction of sp³-hybridized carbons (Fsp3) is 0.0952. The number of halogens is 6. The third-order valence-corrected chi connectivity index (χ3v) is 4.60. The summed E-state index contributed by atoms with van der Waals surface area (Å²) in [5.74, 6) is -3.83. The molecule has 0 saturated carbocycles. The molecule has 3 aromatic rings. The Morgan fingerprint density at radius 1 is 0.906 bits per heavy atom. The van der Waals surface area contributed by atoms with Crippen LogP contribution >= 0.6 is 11.6 Å². The summed E-state index contributed by atoms with van der Waals surface area (Å²) in [5.41, 5.74) is -1.28. The summed E-state index contributed by atoms with van der Waals surface area (Å²) in [6.45, 7) is 1.26. The maximum atomic E-state index is 13.4. The van der Waals surface area contributed by atoms with E-state index in [4.69, 9.17) is 11.6 Å². The number of carbonyl (C=O) groups excluding carboxylic acids is 2. The molecule has 0 unspecified atom stereocenters. The second-order valence-electron chi connectivity index (χ2n) is 6.56. The Balaban J connectivity index is 1.79. The molecular formula is C21H13ClF5N3O2. The number of aromatic nitrogens is 1. The summed E-state index contributed by atoms with van der Waals surface area (Å²) in [7, 11) is 0. The van der Waals surface area contributed by atoms with Crippen LogP contribution in [0.3, 0.4) is 0 Å². The van der Waals surface area contributed by atoms with Gasteiger partial charge in [-0.05, 0) is 55.5 Å². The second-order valence-corrected chi connectivity index (χ2v) is 6.97. The number of rotatable bonds is 4. The first-order chi connectivity index (χ1) is 15.0. The Labute approximate surface area is 183 Å². The summed E-state index contributed by atoms with van der Waals surface area (Å²) < 4.78 is 64.6. The lowest BCUT2D eigenvalue weighted by Gasteiger charge is -2.12. The van der Waals surface area contributed by atoms with Gasteiger partial charge in [0.25, 0.3) is 11.8 Å². The van der Waals surface area contributed by atoms with E-state index in [1.165, 1.54) is 25.1 Å². The van der Waals surface area contributed by atoms with E-state index in [9.17, 15) is 31.5 Å². The van der Waals surface area contributed by atoms with Gasteiger partial charge in [-0.3, -0.25) is 9.59 Å². The molecule has 0 aliphatic heterocycles. The lowest BCUT2D eigenvalue weighted by molar-refractivity contribution is -0.141. The fourth-order valence-electron chi connectivity index (χ4n) is 2.69. The van der Waals surface area contributed by atoms with E-state index in [-0.39, 0.29) is 33.2 Å². The standard InChI is InChI=1S/C21H13ClF5N3O2/c1-10-13(4-7-18(28-10)21(25,26)27)20(32)29-12-3-5-14(22)17(9-12)30-19(31)11-2-6-15(23)16(24)8-11/h2-9H,1H3,(H,29,32)(H,30,31). The Morgan fingerprint density at radius 3 is 2.25 bits per heavy atom. The van der Waals surface area contributed by atoms with Crippen LogP contribution in [0.5, 0.6) is 0 Å². The number of anilines is 2. The van der Waals surface area contributed by atoms with Gasteiger partial charge in [0.05, 0.1) is 22.0 Å². The van der Waals surface area contributed by atoms with Crippen molar-refractivity contribution in [3.8, 4) is 0 Å². The Hall–Kier alpha value is -3.53. The molecule has 166 valence electrons. The fourth-order valence-corrected chi connectivity index (χ4v) is 2.85. The number of hydrogen-bond acceptors (Lipinski definition) is 3. The van der Waals surface area contributed by atoms with Crippen LogP contribution in [0.4, 0.5) is 33.3 Å².